The molecule has 10 heteroatoms. The number of halogens is 1. The molecule has 23 heavy (non-hydrogen) atoms. The van der Waals surface area contributed by atoms with E-state index < -0.39 is 30.9 Å². The van der Waals surface area contributed by atoms with Crippen molar-refractivity contribution in [3.8, 4) is 17.1 Å². The van der Waals surface area contributed by atoms with Gasteiger partial charge < -0.3 is 29.4 Å². The van der Waals surface area contributed by atoms with Gasteiger partial charge in [0.1, 0.15) is 25.1 Å². The van der Waals surface area contributed by atoms with Crippen molar-refractivity contribution in [1.29, 1.82) is 0 Å². The zero-order valence-corrected chi connectivity index (χ0v) is 12.1. The number of aliphatic hydroxyl groups excluding tert-OH is 3. The molecule has 0 aromatic carbocycles. The molecule has 0 bridgehead atoms. The molecule has 1 aliphatic heterocycles. The second kappa shape index (κ2) is 5.81. The summed E-state index contributed by atoms with van der Waals surface area (Å²) in [6.07, 6.45) is 0.890. The van der Waals surface area contributed by atoms with Crippen LogP contribution in [0.5, 0.6) is 5.88 Å². The summed E-state index contributed by atoms with van der Waals surface area (Å²) in [5.74, 6) is -2.43. The van der Waals surface area contributed by atoms with Crippen LogP contribution >= 0.6 is 0 Å². The maximum Gasteiger partial charge on any atom is 0.263 e. The molecule has 3 N–H and O–H groups in total. The zero-order valence-electron chi connectivity index (χ0n) is 12.1. The van der Waals surface area contributed by atoms with Gasteiger partial charge in [-0.05, 0) is 0 Å². The highest BCUT2D eigenvalue weighted by molar-refractivity contribution is 5.62. The number of ether oxygens (including phenoxy) is 2. The predicted molar refractivity (Wildman–Crippen MR) is 72.9 cm³/mol. The van der Waals surface area contributed by atoms with Gasteiger partial charge in [-0.1, -0.05) is 0 Å². The van der Waals surface area contributed by atoms with Crippen molar-refractivity contribution in [3.05, 3.63) is 25.0 Å². The van der Waals surface area contributed by atoms with Gasteiger partial charge in [-0.3, -0.25) is 0 Å². The number of imidazole rings is 1. The summed E-state index contributed by atoms with van der Waals surface area (Å²) in [4.78, 5) is 12.0. The Morgan fingerprint density at radius 3 is 2.87 bits per heavy atom. The Morgan fingerprint density at radius 1 is 1.43 bits per heavy atom. The lowest BCUT2D eigenvalue weighted by Gasteiger charge is -2.19. The van der Waals surface area contributed by atoms with Gasteiger partial charge in [0.15, 0.2) is 6.23 Å². The number of alkyl halides is 1. The number of aromatic nitrogens is 4. The minimum absolute atomic E-state index is 0.299. The number of aliphatic hydroxyl groups is 3. The lowest BCUT2D eigenvalue weighted by atomic mass is 10.1. The Hall–Kier alpha value is -2.14. The van der Waals surface area contributed by atoms with Crippen LogP contribution in [0.3, 0.4) is 0 Å². The van der Waals surface area contributed by atoms with Crippen LogP contribution in [0.25, 0.3) is 11.3 Å². The molecule has 1 unspecified atom stereocenters. The average molecular weight is 326 g/mol. The fourth-order valence-corrected chi connectivity index (χ4v) is 2.39. The SMILES string of the molecule is COc1ncncc1-c1cn([C@@H]2O[C@](F)(CO)[C@H](O)C2O)cn1. The largest absolute Gasteiger partial charge is 0.480 e. The van der Waals surface area contributed by atoms with Crippen molar-refractivity contribution in [2.24, 2.45) is 0 Å². The quantitative estimate of drug-likeness (QED) is 0.671. The molecular formula is C13H15FN4O5. The van der Waals surface area contributed by atoms with Gasteiger partial charge in [-0.2, -0.15) is 0 Å². The first kappa shape index (κ1) is 15.7. The van der Waals surface area contributed by atoms with E-state index in [4.69, 9.17) is 14.6 Å². The third kappa shape index (κ3) is 2.55. The van der Waals surface area contributed by atoms with Crippen LogP contribution in [0.1, 0.15) is 6.23 Å². The average Bonchev–Trinajstić information content (AvgIpc) is 3.15. The van der Waals surface area contributed by atoms with Crippen molar-refractivity contribution in [2.75, 3.05) is 13.7 Å². The fraction of sp³-hybridized carbons (Fsp3) is 0.462. The molecule has 2 aromatic heterocycles. The molecule has 3 rings (SSSR count). The molecule has 1 saturated heterocycles. The molecule has 0 aliphatic carbocycles. The van der Waals surface area contributed by atoms with Crippen LogP contribution < -0.4 is 4.74 Å². The second-order valence-corrected chi connectivity index (χ2v) is 5.04. The van der Waals surface area contributed by atoms with Crippen LogP contribution in [0.2, 0.25) is 0 Å². The highest BCUT2D eigenvalue weighted by Gasteiger charge is 2.55. The van der Waals surface area contributed by atoms with E-state index in [0.717, 1.165) is 0 Å². The van der Waals surface area contributed by atoms with E-state index in [1.54, 1.807) is 0 Å². The lowest BCUT2D eigenvalue weighted by Crippen LogP contribution is -2.42. The summed E-state index contributed by atoms with van der Waals surface area (Å²) >= 11 is 0. The first-order valence-corrected chi connectivity index (χ1v) is 6.71. The van der Waals surface area contributed by atoms with Gasteiger partial charge in [-0.15, -0.1) is 0 Å². The smallest absolute Gasteiger partial charge is 0.263 e. The summed E-state index contributed by atoms with van der Waals surface area (Å²) < 4.78 is 25.5. The molecule has 2 aromatic rings. The topological polar surface area (TPSA) is 123 Å². The zero-order chi connectivity index (χ0) is 16.6. The maximum atomic E-state index is 14.1. The molecule has 3 heterocycles. The molecule has 0 spiro atoms. The molecule has 1 fully saturated rings. The number of methoxy groups -OCH3 is 1. The summed E-state index contributed by atoms with van der Waals surface area (Å²) in [5, 5.41) is 28.6. The number of hydrogen-bond acceptors (Lipinski definition) is 8. The van der Waals surface area contributed by atoms with Gasteiger partial charge in [0.05, 0.1) is 24.7 Å². The third-order valence-corrected chi connectivity index (χ3v) is 3.63. The van der Waals surface area contributed by atoms with Gasteiger partial charge in [-0.25, -0.2) is 19.3 Å². The van der Waals surface area contributed by atoms with Crippen molar-refractivity contribution >= 4 is 0 Å². The molecule has 124 valence electrons. The van der Waals surface area contributed by atoms with Gasteiger partial charge in [0, 0.05) is 12.4 Å². The third-order valence-electron chi connectivity index (χ3n) is 3.63. The summed E-state index contributed by atoms with van der Waals surface area (Å²) in [6.45, 7) is -1.08. The monoisotopic (exact) mass is 326 g/mol. The van der Waals surface area contributed by atoms with Gasteiger partial charge >= 0.3 is 0 Å². The molecule has 1 aliphatic rings. The van der Waals surface area contributed by atoms with E-state index in [1.165, 1.54) is 36.7 Å². The van der Waals surface area contributed by atoms with E-state index in [1.807, 2.05) is 0 Å². The van der Waals surface area contributed by atoms with E-state index in [2.05, 4.69) is 15.0 Å². The van der Waals surface area contributed by atoms with E-state index in [-0.39, 0.29) is 0 Å². The van der Waals surface area contributed by atoms with Crippen molar-refractivity contribution < 1.29 is 29.2 Å². The fourth-order valence-electron chi connectivity index (χ4n) is 2.39. The number of nitrogens with zero attached hydrogens (tertiary/aromatic N) is 4. The molecule has 0 radical (unpaired) electrons. The number of hydrogen-bond donors (Lipinski definition) is 3. The minimum Gasteiger partial charge on any atom is -0.480 e. The predicted octanol–water partition coefficient (Wildman–Crippen LogP) is -0.743. The van der Waals surface area contributed by atoms with E-state index in [0.29, 0.717) is 17.1 Å². The molecular weight excluding hydrogens is 311 g/mol. The first-order valence-electron chi connectivity index (χ1n) is 6.71. The Balaban J connectivity index is 1.91. The van der Waals surface area contributed by atoms with Gasteiger partial charge in [0.25, 0.3) is 5.85 Å². The van der Waals surface area contributed by atoms with Crippen LogP contribution in [0, 0.1) is 0 Å². The lowest BCUT2D eigenvalue weighted by molar-refractivity contribution is -0.206. The van der Waals surface area contributed by atoms with Crippen LogP contribution in [-0.4, -0.2) is 66.6 Å². The van der Waals surface area contributed by atoms with Crippen LogP contribution in [0.15, 0.2) is 25.0 Å². The molecule has 4 atom stereocenters. The van der Waals surface area contributed by atoms with Crippen molar-refractivity contribution in [2.45, 2.75) is 24.3 Å². The second-order valence-electron chi connectivity index (χ2n) is 5.04. The Bertz CT molecular complexity index is 699. The van der Waals surface area contributed by atoms with Crippen LogP contribution in [0.4, 0.5) is 4.39 Å². The highest BCUT2D eigenvalue weighted by Crippen LogP contribution is 2.38. The standard InChI is InChI=1S/C13H15FN4O5/c1-22-11-7(2-15-5-16-11)8-3-18(6-17-8)12-9(20)10(21)13(14,4-19)23-12/h2-3,5-6,9-10,12,19-21H,4H2,1H3/t9?,10-,12-,13-/m1/s1. The maximum absolute atomic E-state index is 14.1. The number of rotatable bonds is 4. The Labute approximate surface area is 130 Å². The normalized spacial score (nSPS) is 30.6. The van der Waals surface area contributed by atoms with Crippen LogP contribution in [-0.2, 0) is 4.74 Å². The molecule has 0 saturated carbocycles. The van der Waals surface area contributed by atoms with E-state index in [9.17, 15) is 14.6 Å². The summed E-state index contributed by atoms with van der Waals surface area (Å²) in [7, 11) is 1.45. The molecule has 0 amide bonds. The minimum atomic E-state index is -2.73. The first-order chi connectivity index (χ1) is 11.0. The molecule has 9 nitrogen and oxygen atoms in total. The Kier molecular flexibility index (Phi) is 3.98. The Morgan fingerprint density at radius 2 is 2.22 bits per heavy atom. The highest BCUT2D eigenvalue weighted by atomic mass is 19.2. The van der Waals surface area contributed by atoms with E-state index >= 15 is 0 Å². The summed E-state index contributed by atoms with van der Waals surface area (Å²) in [5.41, 5.74) is 0.906. The van der Waals surface area contributed by atoms with Crippen molar-refractivity contribution in [1.82, 2.24) is 19.5 Å². The summed E-state index contributed by atoms with van der Waals surface area (Å²) in [6, 6.07) is 0. The van der Waals surface area contributed by atoms with Gasteiger partial charge in [0.2, 0.25) is 5.88 Å². The van der Waals surface area contributed by atoms with Crippen molar-refractivity contribution in [3.63, 3.8) is 0 Å².